The van der Waals surface area contributed by atoms with Crippen LogP contribution in [0.1, 0.15) is 55.8 Å². The van der Waals surface area contributed by atoms with Gasteiger partial charge in [-0.05, 0) is 38.8 Å². The molecule has 3 fully saturated rings. The van der Waals surface area contributed by atoms with Crippen LogP contribution in [0.15, 0.2) is 54.0 Å². The Bertz CT molecular complexity index is 2200. The van der Waals surface area contributed by atoms with Crippen LogP contribution in [-0.2, 0) is 43.2 Å². The second-order valence-electron chi connectivity index (χ2n) is 14.6. The smallest absolute Gasteiger partial charge is 0.410 e. The van der Waals surface area contributed by atoms with E-state index in [1.54, 1.807) is 51.1 Å². The van der Waals surface area contributed by atoms with Gasteiger partial charge in [-0.2, -0.15) is 4.98 Å². The van der Waals surface area contributed by atoms with Crippen LogP contribution in [0.3, 0.4) is 0 Å². The number of imidazole rings is 1. The van der Waals surface area contributed by atoms with Gasteiger partial charge in [-0.3, -0.25) is 38.1 Å². The van der Waals surface area contributed by atoms with Crippen molar-refractivity contribution in [3.63, 3.8) is 0 Å². The first kappa shape index (κ1) is 40.6. The number of anilines is 1. The van der Waals surface area contributed by atoms with Crippen LogP contribution in [0.25, 0.3) is 11.2 Å². The van der Waals surface area contributed by atoms with Gasteiger partial charge in [0.15, 0.2) is 17.4 Å². The predicted molar refractivity (Wildman–Crippen MR) is 199 cm³/mol. The number of benzene rings is 1. The number of hydrogen-bond acceptors (Lipinski definition) is 17. The van der Waals surface area contributed by atoms with E-state index in [-0.39, 0.29) is 41.9 Å². The molecule has 57 heavy (non-hydrogen) atoms. The van der Waals surface area contributed by atoms with Gasteiger partial charge in [0.05, 0.1) is 25.6 Å². The van der Waals surface area contributed by atoms with Crippen molar-refractivity contribution in [1.82, 2.24) is 34.4 Å². The van der Waals surface area contributed by atoms with Crippen molar-refractivity contribution in [3.8, 4) is 5.88 Å². The van der Waals surface area contributed by atoms with Gasteiger partial charge < -0.3 is 37.8 Å². The van der Waals surface area contributed by atoms with Crippen molar-refractivity contribution >= 4 is 45.6 Å². The van der Waals surface area contributed by atoms with E-state index in [0.717, 1.165) is 0 Å². The molecule has 0 spiro atoms. The fraction of sp³-hybridized carbons (Fsp3) is 0.500. The normalized spacial score (nSPS) is 28.1. The lowest BCUT2D eigenvalue weighted by molar-refractivity contribution is -0.0481. The molecule has 1 aromatic carbocycles. The second-order valence-corrected chi connectivity index (χ2v) is 16.7. The minimum absolute atomic E-state index is 0.0377. The van der Waals surface area contributed by atoms with E-state index in [9.17, 15) is 28.6 Å². The van der Waals surface area contributed by atoms with E-state index >= 15 is 0 Å². The Kier molecular flexibility index (Phi) is 12.2. The average molecular weight is 833 g/mol. The minimum Gasteiger partial charge on any atom is -0.474 e. The first-order chi connectivity index (χ1) is 27.2. The lowest BCUT2D eigenvalue weighted by atomic mass is 10.1. The largest absolute Gasteiger partial charge is 0.474 e. The molecule has 4 aromatic rings. The average Bonchev–Trinajstić information content (AvgIpc) is 3.84. The maximum atomic E-state index is 13.6. The van der Waals surface area contributed by atoms with Gasteiger partial charge in [0.25, 0.3) is 11.5 Å². The Morgan fingerprint density at radius 1 is 1.07 bits per heavy atom. The highest BCUT2D eigenvalue weighted by atomic mass is 31.1. The van der Waals surface area contributed by atoms with Gasteiger partial charge in [0.2, 0.25) is 11.8 Å². The van der Waals surface area contributed by atoms with Gasteiger partial charge in [0.1, 0.15) is 36.3 Å². The highest BCUT2D eigenvalue weighted by Gasteiger charge is 2.48. The quantitative estimate of drug-likeness (QED) is 0.226. The number of fused-ring (bicyclic) bond motifs is 4. The van der Waals surface area contributed by atoms with Crippen LogP contribution in [0.5, 0.6) is 5.88 Å². The number of nitrogens with zero attached hydrogens (tertiary/aromatic N) is 6. The van der Waals surface area contributed by atoms with Crippen molar-refractivity contribution in [1.29, 1.82) is 0 Å². The molecule has 1 aliphatic carbocycles. The second kappa shape index (κ2) is 17.1. The van der Waals surface area contributed by atoms with Crippen LogP contribution in [0.2, 0.25) is 0 Å². The van der Waals surface area contributed by atoms with Crippen LogP contribution in [0.4, 0.5) is 10.7 Å². The Balaban J connectivity index is 1.09. The molecule has 23 heteroatoms. The third kappa shape index (κ3) is 9.59. The molecule has 2 unspecified atom stereocenters. The number of amides is 2. The molecule has 0 radical (unpaired) electrons. The van der Waals surface area contributed by atoms with Crippen LogP contribution < -0.4 is 15.6 Å². The lowest BCUT2D eigenvalue weighted by Gasteiger charge is -2.25. The highest BCUT2D eigenvalue weighted by Crippen LogP contribution is 2.44. The number of H-pyrrole nitrogens is 1. The Hall–Kier alpha value is -4.59. The zero-order valence-electron chi connectivity index (χ0n) is 31.2. The molecule has 5 heterocycles. The topological polar surface area (TPSA) is 258 Å². The van der Waals surface area contributed by atoms with E-state index in [1.807, 2.05) is 0 Å². The van der Waals surface area contributed by atoms with E-state index in [1.165, 1.54) is 35.4 Å². The Morgan fingerprint density at radius 2 is 1.84 bits per heavy atom. The zero-order chi connectivity index (χ0) is 40.4. The third-order valence-electron chi connectivity index (χ3n) is 9.32. The number of aromatic amines is 1. The summed E-state index contributed by atoms with van der Waals surface area (Å²) in [5.74, 6) is -0.952. The molecule has 2 saturated heterocycles. The van der Waals surface area contributed by atoms with Crippen LogP contribution >= 0.6 is 16.5 Å². The van der Waals surface area contributed by atoms with Gasteiger partial charge in [-0.1, -0.05) is 18.2 Å². The number of rotatable bonds is 7. The molecule has 2 bridgehead atoms. The molecule has 9 atom stereocenters. The summed E-state index contributed by atoms with van der Waals surface area (Å²) in [4.78, 5) is 59.7. The van der Waals surface area contributed by atoms with Crippen molar-refractivity contribution in [2.24, 2.45) is 5.92 Å². The van der Waals surface area contributed by atoms with Gasteiger partial charge in [-0.25, -0.2) is 19.7 Å². The summed E-state index contributed by atoms with van der Waals surface area (Å²) in [6.07, 6.45) is -2.08. The van der Waals surface area contributed by atoms with Crippen LogP contribution in [0, 0.1) is 5.92 Å². The van der Waals surface area contributed by atoms with Crippen molar-refractivity contribution in [3.05, 3.63) is 70.7 Å². The van der Waals surface area contributed by atoms with Crippen molar-refractivity contribution < 1.29 is 56.1 Å². The monoisotopic (exact) mass is 832 g/mol. The first-order valence-corrected chi connectivity index (χ1v) is 20.4. The highest BCUT2D eigenvalue weighted by molar-refractivity contribution is 7.33. The standard InChI is InChI=1S/C34H42N8O13P2/c1-34(2,3)53-33(46)41(4)13-18-7-5-6-8-21(18)29(44)39-32-38-28-25(30(45)40-32)37-17-42(28)31-27-26(43)23(52-31)15-50-56(47)54-22-12-20(51-24-9-10-35-16-36-24)11-19(22)14-49-57(48)55-27/h5-10,16-17,19-20,22-23,26-27,31,43,56-57H,11-15H2,1-4H3,(H2,38,39,40,44,45)/t19-,20-,22+,23-,26-,27-,31-/m1/s1. The summed E-state index contributed by atoms with van der Waals surface area (Å²) in [5, 5.41) is 13.9. The maximum absolute atomic E-state index is 13.6. The molecule has 2 aliphatic heterocycles. The summed E-state index contributed by atoms with van der Waals surface area (Å²) in [6, 6.07) is 8.18. The minimum atomic E-state index is -3.32. The number of aliphatic hydroxyl groups excluding tert-OH is 1. The van der Waals surface area contributed by atoms with E-state index < -0.39 is 82.8 Å². The molecule has 21 nitrogen and oxygen atoms in total. The summed E-state index contributed by atoms with van der Waals surface area (Å²) in [5.41, 5.74) is -0.981. The lowest BCUT2D eigenvalue weighted by Crippen LogP contribution is -2.34. The summed E-state index contributed by atoms with van der Waals surface area (Å²) >= 11 is 0. The fourth-order valence-corrected chi connectivity index (χ4v) is 8.49. The molecule has 7 rings (SSSR count). The van der Waals surface area contributed by atoms with Crippen LogP contribution in [-0.4, -0.2) is 108 Å². The number of ether oxygens (including phenoxy) is 3. The Labute approximate surface area is 326 Å². The van der Waals surface area contributed by atoms with E-state index in [4.69, 9.17) is 32.3 Å². The SMILES string of the molecule is CN(Cc1ccccc1C(=O)Nc1nc2c(ncn2[C@@H]2O[C@@H]3CO[PH](=O)O[C@H]4C[C@H](Oc5ccncn5)C[C@@H]4CO[PH](=O)O[C@@H]2[C@@H]3O)c(=O)[nH]1)C(=O)OC(C)(C)C. The summed E-state index contributed by atoms with van der Waals surface area (Å²) < 4.78 is 67.8. The van der Waals surface area contributed by atoms with Gasteiger partial charge >= 0.3 is 22.6 Å². The van der Waals surface area contributed by atoms with E-state index in [0.29, 0.717) is 24.3 Å². The molecule has 3 aromatic heterocycles. The maximum Gasteiger partial charge on any atom is 0.410 e. The number of nitrogens with one attached hydrogen (secondary N) is 2. The van der Waals surface area contributed by atoms with E-state index in [2.05, 4.69) is 30.2 Å². The number of carbonyl (C=O) groups excluding carboxylic acids is 2. The fourth-order valence-electron chi connectivity index (χ4n) is 6.69. The number of hydrogen-bond donors (Lipinski definition) is 3. The molecule has 3 aliphatic rings. The number of aliphatic hydroxyl groups is 1. The Morgan fingerprint density at radius 3 is 2.61 bits per heavy atom. The van der Waals surface area contributed by atoms with Crippen molar-refractivity contribution in [2.75, 3.05) is 25.6 Å². The number of carbonyl (C=O) groups is 2. The van der Waals surface area contributed by atoms with Gasteiger partial charge in [0, 0.05) is 43.8 Å². The number of aromatic nitrogens is 6. The molecule has 2 amide bonds. The van der Waals surface area contributed by atoms with Crippen molar-refractivity contribution in [2.45, 2.75) is 82.5 Å². The summed E-state index contributed by atoms with van der Waals surface area (Å²) in [7, 11) is -4.92. The summed E-state index contributed by atoms with van der Waals surface area (Å²) in [6.45, 7) is 4.75. The third-order valence-corrected chi connectivity index (χ3v) is 11.1. The molecular formula is C34H42N8O13P2. The predicted octanol–water partition coefficient (Wildman–Crippen LogP) is 3.24. The molecule has 306 valence electrons. The zero-order valence-corrected chi connectivity index (χ0v) is 33.2. The molecular weight excluding hydrogens is 790 g/mol. The van der Waals surface area contributed by atoms with Gasteiger partial charge in [-0.15, -0.1) is 0 Å². The molecule has 1 saturated carbocycles. The molecule has 3 N–H and O–H groups in total. The first-order valence-electron chi connectivity index (χ1n) is 18.0.